The Morgan fingerprint density at radius 3 is 2.48 bits per heavy atom. The van der Waals surface area contributed by atoms with E-state index >= 15 is 0 Å². The topological polar surface area (TPSA) is 61.9 Å². The normalized spacial score (nSPS) is 36.4. The van der Waals surface area contributed by atoms with Gasteiger partial charge in [0.15, 0.2) is 5.96 Å². The minimum absolute atomic E-state index is 0. The minimum Gasteiger partial charge on any atom is -0.390 e. The highest BCUT2D eigenvalue weighted by Gasteiger charge is 2.49. The summed E-state index contributed by atoms with van der Waals surface area (Å²) in [4.78, 5) is 6.76. The summed E-state index contributed by atoms with van der Waals surface area (Å²) in [7, 11) is 0. The Morgan fingerprint density at radius 2 is 1.90 bits per heavy atom. The van der Waals surface area contributed by atoms with E-state index in [9.17, 15) is 5.11 Å². The number of likely N-dealkylation sites (tertiary alicyclic amines) is 1. The second-order valence-corrected chi connectivity index (χ2v) is 7.07. The first-order valence-corrected chi connectivity index (χ1v) is 8.45. The lowest BCUT2D eigenvalue weighted by molar-refractivity contribution is -0.0181. The predicted octanol–water partition coefficient (Wildman–Crippen LogP) is 2.74. The zero-order valence-corrected chi connectivity index (χ0v) is 15.3. The van der Waals surface area contributed by atoms with Gasteiger partial charge in [-0.15, -0.1) is 24.0 Å². The molecule has 3 aliphatic rings. The van der Waals surface area contributed by atoms with Gasteiger partial charge >= 0.3 is 0 Å². The van der Waals surface area contributed by atoms with E-state index in [0.717, 1.165) is 31.8 Å². The lowest BCUT2D eigenvalue weighted by Crippen LogP contribution is -2.39. The number of hydrogen-bond donors (Lipinski definition) is 2. The van der Waals surface area contributed by atoms with Gasteiger partial charge in [0.1, 0.15) is 0 Å². The van der Waals surface area contributed by atoms with Crippen molar-refractivity contribution in [1.82, 2.24) is 4.90 Å². The summed E-state index contributed by atoms with van der Waals surface area (Å²) in [6.45, 7) is 2.77. The summed E-state index contributed by atoms with van der Waals surface area (Å²) in [5.41, 5.74) is 5.68. The van der Waals surface area contributed by atoms with E-state index in [4.69, 9.17) is 5.73 Å². The van der Waals surface area contributed by atoms with Crippen molar-refractivity contribution in [3.63, 3.8) is 0 Å². The number of aliphatic hydroxyl groups is 1. The van der Waals surface area contributed by atoms with Crippen molar-refractivity contribution < 1.29 is 5.11 Å². The van der Waals surface area contributed by atoms with Crippen molar-refractivity contribution >= 4 is 29.9 Å². The van der Waals surface area contributed by atoms with Gasteiger partial charge in [-0.3, -0.25) is 4.99 Å². The highest BCUT2D eigenvalue weighted by Crippen LogP contribution is 2.52. The van der Waals surface area contributed by atoms with Crippen LogP contribution in [0.3, 0.4) is 0 Å². The summed E-state index contributed by atoms with van der Waals surface area (Å²) in [6.07, 6.45) is 10.6. The molecule has 3 N–H and O–H groups in total. The van der Waals surface area contributed by atoms with Crippen LogP contribution in [0.1, 0.15) is 57.8 Å². The zero-order chi connectivity index (χ0) is 14.0. The highest BCUT2D eigenvalue weighted by molar-refractivity contribution is 14.0. The van der Waals surface area contributed by atoms with Crippen LogP contribution < -0.4 is 5.73 Å². The largest absolute Gasteiger partial charge is 0.390 e. The summed E-state index contributed by atoms with van der Waals surface area (Å²) >= 11 is 0. The molecule has 21 heavy (non-hydrogen) atoms. The summed E-state index contributed by atoms with van der Waals surface area (Å²) in [6, 6.07) is 0. The van der Waals surface area contributed by atoms with Crippen LogP contribution in [0.25, 0.3) is 0 Å². The van der Waals surface area contributed by atoms with Crippen LogP contribution in [-0.2, 0) is 0 Å². The van der Waals surface area contributed by atoms with Crippen LogP contribution in [0.5, 0.6) is 0 Å². The number of nitrogens with zero attached hydrogens (tertiary/aromatic N) is 2. The predicted molar refractivity (Wildman–Crippen MR) is 97.0 cm³/mol. The molecule has 0 amide bonds. The standard InChI is InChI=1S/C16H29N3O.HI/c17-15(19-9-3-1-2-4-10-19)18-8-7-16(20)12-13-5-6-14(16)11-13;/h13-14,20H,1-12H2,(H2,17,18);1H. The van der Waals surface area contributed by atoms with Crippen LogP contribution in [0.2, 0.25) is 0 Å². The molecule has 3 rings (SSSR count). The van der Waals surface area contributed by atoms with Crippen LogP contribution >= 0.6 is 24.0 Å². The summed E-state index contributed by atoms with van der Waals surface area (Å²) in [5, 5.41) is 10.7. The maximum absolute atomic E-state index is 10.7. The molecule has 0 spiro atoms. The van der Waals surface area contributed by atoms with Gasteiger partial charge in [0.05, 0.1) is 5.60 Å². The van der Waals surface area contributed by atoms with E-state index in [0.29, 0.717) is 18.4 Å². The van der Waals surface area contributed by atoms with Gasteiger partial charge in [-0.1, -0.05) is 12.8 Å². The Kier molecular flexibility index (Phi) is 6.17. The van der Waals surface area contributed by atoms with Gasteiger partial charge in [0, 0.05) is 19.6 Å². The average molecular weight is 407 g/mol. The van der Waals surface area contributed by atoms with Gasteiger partial charge in [-0.05, 0) is 56.8 Å². The molecule has 4 nitrogen and oxygen atoms in total. The third-order valence-corrected chi connectivity index (χ3v) is 5.69. The van der Waals surface area contributed by atoms with Crippen molar-refractivity contribution in [2.75, 3.05) is 19.6 Å². The Labute approximate surface area is 145 Å². The number of guanidine groups is 1. The fourth-order valence-electron chi connectivity index (χ4n) is 4.48. The van der Waals surface area contributed by atoms with Gasteiger partial charge in [0.2, 0.25) is 0 Å². The van der Waals surface area contributed by atoms with Crippen molar-refractivity contribution in [2.45, 2.75) is 63.4 Å². The third kappa shape index (κ3) is 4.03. The molecule has 3 unspecified atom stereocenters. The number of fused-ring (bicyclic) bond motifs is 2. The van der Waals surface area contributed by atoms with Crippen LogP contribution in [0.4, 0.5) is 0 Å². The Balaban J connectivity index is 0.00000161. The number of hydrogen-bond acceptors (Lipinski definition) is 2. The van der Waals surface area contributed by atoms with Gasteiger partial charge in [0.25, 0.3) is 0 Å². The molecule has 0 aromatic carbocycles. The molecule has 0 aromatic rings. The summed E-state index contributed by atoms with van der Waals surface area (Å²) in [5.74, 6) is 2.00. The van der Waals surface area contributed by atoms with E-state index < -0.39 is 5.60 Å². The molecule has 1 aliphatic heterocycles. The molecule has 2 saturated carbocycles. The second kappa shape index (κ2) is 7.49. The first kappa shape index (κ1) is 17.3. The fourth-order valence-corrected chi connectivity index (χ4v) is 4.48. The smallest absolute Gasteiger partial charge is 0.191 e. The van der Waals surface area contributed by atoms with Gasteiger partial charge in [-0.25, -0.2) is 0 Å². The monoisotopic (exact) mass is 407 g/mol. The molecule has 2 bridgehead atoms. The lowest BCUT2D eigenvalue weighted by Gasteiger charge is -2.32. The maximum atomic E-state index is 10.7. The van der Waals surface area contributed by atoms with Crippen LogP contribution in [-0.4, -0.2) is 41.2 Å². The number of nitrogens with two attached hydrogens (primary N) is 1. The third-order valence-electron chi connectivity index (χ3n) is 5.69. The fraction of sp³-hybridized carbons (Fsp3) is 0.938. The first-order valence-electron chi connectivity index (χ1n) is 8.45. The van der Waals surface area contributed by atoms with Gasteiger partial charge in [-0.2, -0.15) is 0 Å². The van der Waals surface area contributed by atoms with Crippen LogP contribution in [0, 0.1) is 11.8 Å². The van der Waals surface area contributed by atoms with Crippen LogP contribution in [0.15, 0.2) is 4.99 Å². The molecule has 3 fully saturated rings. The summed E-state index contributed by atoms with van der Waals surface area (Å²) < 4.78 is 0. The van der Waals surface area contributed by atoms with Gasteiger partial charge < -0.3 is 15.7 Å². The molecule has 1 saturated heterocycles. The molecule has 0 aromatic heterocycles. The SMILES string of the molecule is I.NC(=NCCC1(O)CC2CCC1C2)N1CCCCCC1. The molecule has 5 heteroatoms. The van der Waals surface area contributed by atoms with E-state index in [2.05, 4.69) is 9.89 Å². The Bertz CT molecular complexity index is 369. The number of halogens is 1. The highest BCUT2D eigenvalue weighted by atomic mass is 127. The minimum atomic E-state index is -0.439. The molecular weight excluding hydrogens is 377 g/mol. The van der Waals surface area contributed by atoms with Crippen molar-refractivity contribution in [3.8, 4) is 0 Å². The van der Waals surface area contributed by atoms with Crippen molar-refractivity contribution in [1.29, 1.82) is 0 Å². The first-order chi connectivity index (χ1) is 9.67. The second-order valence-electron chi connectivity index (χ2n) is 7.07. The molecular formula is C16H30IN3O. The number of rotatable bonds is 3. The molecule has 2 aliphatic carbocycles. The lowest BCUT2D eigenvalue weighted by atomic mass is 9.82. The van der Waals surface area contributed by atoms with E-state index in [-0.39, 0.29) is 24.0 Å². The molecule has 122 valence electrons. The maximum Gasteiger partial charge on any atom is 0.191 e. The van der Waals surface area contributed by atoms with Crippen molar-refractivity contribution in [3.05, 3.63) is 0 Å². The molecule has 3 atom stereocenters. The average Bonchev–Trinajstić information content (AvgIpc) is 2.88. The van der Waals surface area contributed by atoms with E-state index in [1.807, 2.05) is 0 Å². The Morgan fingerprint density at radius 1 is 1.19 bits per heavy atom. The Hall–Kier alpha value is -0.0400. The zero-order valence-electron chi connectivity index (χ0n) is 13.0. The van der Waals surface area contributed by atoms with E-state index in [1.165, 1.54) is 44.9 Å². The number of aliphatic imine (C=N–C) groups is 1. The molecule has 1 heterocycles. The molecule has 0 radical (unpaired) electrons. The van der Waals surface area contributed by atoms with Crippen molar-refractivity contribution in [2.24, 2.45) is 22.6 Å². The van der Waals surface area contributed by atoms with E-state index in [1.54, 1.807) is 0 Å². The quantitative estimate of drug-likeness (QED) is 0.430.